The first-order valence-electron chi connectivity index (χ1n) is 7.03. The Balaban J connectivity index is 0.00000220. The van der Waals surface area contributed by atoms with E-state index in [1.54, 1.807) is 18.2 Å². The largest absolute Gasteiger partial charge is 0.351 e. The molecule has 4 nitrogen and oxygen atoms in total. The van der Waals surface area contributed by atoms with Gasteiger partial charge in [-0.15, -0.1) is 12.4 Å². The topological polar surface area (TPSA) is 44.4 Å². The fourth-order valence-corrected chi connectivity index (χ4v) is 2.66. The lowest BCUT2D eigenvalue weighted by Gasteiger charge is -2.35. The Labute approximate surface area is 131 Å². The zero-order valence-electron chi connectivity index (χ0n) is 12.4. The van der Waals surface area contributed by atoms with E-state index >= 15 is 0 Å². The van der Waals surface area contributed by atoms with Crippen molar-refractivity contribution in [1.82, 2.24) is 15.5 Å². The molecule has 1 fully saturated rings. The summed E-state index contributed by atoms with van der Waals surface area (Å²) in [6.45, 7) is 6.54. The number of carbonyl (C=O) groups is 1. The van der Waals surface area contributed by atoms with Gasteiger partial charge in [-0.05, 0) is 19.9 Å². The van der Waals surface area contributed by atoms with E-state index in [-0.39, 0.29) is 30.7 Å². The number of hydrogen-bond donors (Lipinski definition) is 2. The minimum atomic E-state index is -0.280. The van der Waals surface area contributed by atoms with Crippen molar-refractivity contribution in [3.8, 4) is 0 Å². The van der Waals surface area contributed by atoms with E-state index in [0.29, 0.717) is 24.2 Å². The van der Waals surface area contributed by atoms with Crippen molar-refractivity contribution < 1.29 is 9.18 Å². The van der Waals surface area contributed by atoms with Crippen LogP contribution < -0.4 is 10.6 Å². The maximum atomic E-state index is 13.4. The molecule has 1 aromatic rings. The maximum Gasteiger partial charge on any atom is 0.234 e. The second kappa shape index (κ2) is 8.32. The first-order chi connectivity index (χ1) is 9.54. The molecule has 0 saturated carbocycles. The fraction of sp³-hybridized carbons (Fsp3) is 0.533. The van der Waals surface area contributed by atoms with Crippen LogP contribution in [0, 0.1) is 5.82 Å². The second-order valence-corrected chi connectivity index (χ2v) is 5.53. The minimum absolute atomic E-state index is 0. The molecule has 0 bridgehead atoms. The molecule has 1 aliphatic heterocycles. The van der Waals surface area contributed by atoms with Gasteiger partial charge in [-0.2, -0.15) is 0 Å². The molecule has 2 unspecified atom stereocenters. The van der Waals surface area contributed by atoms with Crippen molar-refractivity contribution in [1.29, 1.82) is 0 Å². The summed E-state index contributed by atoms with van der Waals surface area (Å²) in [4.78, 5) is 14.0. The van der Waals surface area contributed by atoms with Crippen molar-refractivity contribution in [3.05, 3.63) is 35.6 Å². The fourth-order valence-electron chi connectivity index (χ4n) is 2.66. The van der Waals surface area contributed by atoms with Crippen molar-refractivity contribution in [2.24, 2.45) is 0 Å². The van der Waals surface area contributed by atoms with Crippen LogP contribution in [-0.2, 0) is 11.3 Å². The van der Waals surface area contributed by atoms with Crippen molar-refractivity contribution in [2.75, 3.05) is 19.6 Å². The molecule has 2 rings (SSSR count). The van der Waals surface area contributed by atoms with Crippen LogP contribution in [0.2, 0.25) is 0 Å². The van der Waals surface area contributed by atoms with E-state index in [4.69, 9.17) is 0 Å². The zero-order valence-corrected chi connectivity index (χ0v) is 13.3. The van der Waals surface area contributed by atoms with Crippen LogP contribution in [0.1, 0.15) is 19.4 Å². The lowest BCUT2D eigenvalue weighted by molar-refractivity contribution is -0.122. The van der Waals surface area contributed by atoms with Gasteiger partial charge in [-0.25, -0.2) is 4.39 Å². The SMILES string of the molecule is CC1CN(CC(=O)NCc2ccccc2F)CC(C)N1.Cl. The second-order valence-electron chi connectivity index (χ2n) is 5.53. The molecule has 0 aliphatic carbocycles. The van der Waals surface area contributed by atoms with Crippen LogP contribution in [0.15, 0.2) is 24.3 Å². The standard InChI is InChI=1S/C15H22FN3O.ClH/c1-11-8-19(9-12(2)18-11)10-15(20)17-7-13-5-3-4-6-14(13)16;/h3-6,11-12,18H,7-10H2,1-2H3,(H,17,20);1H. The van der Waals surface area contributed by atoms with Crippen LogP contribution in [0.3, 0.4) is 0 Å². The number of piperazine rings is 1. The average Bonchev–Trinajstić information content (AvgIpc) is 2.36. The van der Waals surface area contributed by atoms with Gasteiger partial charge >= 0.3 is 0 Å². The van der Waals surface area contributed by atoms with Crippen molar-refractivity contribution in [3.63, 3.8) is 0 Å². The van der Waals surface area contributed by atoms with Gasteiger partial charge in [0.1, 0.15) is 5.82 Å². The number of nitrogens with zero attached hydrogens (tertiary/aromatic N) is 1. The number of amides is 1. The Bertz CT molecular complexity index is 462. The normalized spacial score (nSPS) is 22.4. The molecule has 1 heterocycles. The molecule has 1 aliphatic rings. The van der Waals surface area contributed by atoms with E-state index < -0.39 is 0 Å². The van der Waals surface area contributed by atoms with Crippen LogP contribution in [0.4, 0.5) is 4.39 Å². The molecular formula is C15H23ClFN3O. The average molecular weight is 316 g/mol. The molecule has 1 amide bonds. The zero-order chi connectivity index (χ0) is 14.5. The van der Waals surface area contributed by atoms with E-state index in [1.807, 2.05) is 0 Å². The molecule has 0 spiro atoms. The third-order valence-corrected chi connectivity index (χ3v) is 3.43. The van der Waals surface area contributed by atoms with Crippen LogP contribution in [0.5, 0.6) is 0 Å². The molecule has 2 atom stereocenters. The van der Waals surface area contributed by atoms with E-state index in [0.717, 1.165) is 13.1 Å². The van der Waals surface area contributed by atoms with Gasteiger partial charge in [-0.1, -0.05) is 18.2 Å². The van der Waals surface area contributed by atoms with E-state index in [9.17, 15) is 9.18 Å². The van der Waals surface area contributed by atoms with Gasteiger partial charge < -0.3 is 10.6 Å². The van der Waals surface area contributed by atoms with E-state index in [2.05, 4.69) is 29.4 Å². The summed E-state index contributed by atoms with van der Waals surface area (Å²) in [6, 6.07) is 7.27. The first kappa shape index (κ1) is 17.9. The predicted molar refractivity (Wildman–Crippen MR) is 84.0 cm³/mol. The maximum absolute atomic E-state index is 13.4. The highest BCUT2D eigenvalue weighted by molar-refractivity contribution is 5.85. The third kappa shape index (κ3) is 5.61. The smallest absolute Gasteiger partial charge is 0.234 e. The Kier molecular flexibility index (Phi) is 7.08. The van der Waals surface area contributed by atoms with Gasteiger partial charge in [0.2, 0.25) is 5.91 Å². The van der Waals surface area contributed by atoms with Crippen LogP contribution in [0.25, 0.3) is 0 Å². The van der Waals surface area contributed by atoms with Crippen molar-refractivity contribution in [2.45, 2.75) is 32.5 Å². The van der Waals surface area contributed by atoms with Gasteiger partial charge in [0.05, 0.1) is 6.54 Å². The third-order valence-electron chi connectivity index (χ3n) is 3.43. The Morgan fingerprint density at radius 3 is 2.57 bits per heavy atom. The number of carbonyl (C=O) groups excluding carboxylic acids is 1. The molecular weight excluding hydrogens is 293 g/mol. The van der Waals surface area contributed by atoms with Crippen molar-refractivity contribution >= 4 is 18.3 Å². The molecule has 6 heteroatoms. The quantitative estimate of drug-likeness (QED) is 0.886. The number of hydrogen-bond acceptors (Lipinski definition) is 3. The van der Waals surface area contributed by atoms with E-state index in [1.165, 1.54) is 6.07 Å². The summed E-state index contributed by atoms with van der Waals surface area (Å²) in [5, 5.41) is 6.20. The lowest BCUT2D eigenvalue weighted by Crippen LogP contribution is -2.56. The highest BCUT2D eigenvalue weighted by atomic mass is 35.5. The summed E-state index contributed by atoms with van der Waals surface area (Å²) in [7, 11) is 0. The van der Waals surface area contributed by atoms with Gasteiger partial charge in [0, 0.05) is 37.3 Å². The highest BCUT2D eigenvalue weighted by Gasteiger charge is 2.22. The Morgan fingerprint density at radius 1 is 1.33 bits per heavy atom. The van der Waals surface area contributed by atoms with Gasteiger partial charge in [-0.3, -0.25) is 9.69 Å². The molecule has 1 saturated heterocycles. The summed E-state index contributed by atoms with van der Waals surface area (Å²) < 4.78 is 13.4. The molecule has 1 aromatic carbocycles. The number of rotatable bonds is 4. The van der Waals surface area contributed by atoms with Gasteiger partial charge in [0.15, 0.2) is 0 Å². The molecule has 21 heavy (non-hydrogen) atoms. The Morgan fingerprint density at radius 2 is 1.95 bits per heavy atom. The molecule has 2 N–H and O–H groups in total. The molecule has 118 valence electrons. The lowest BCUT2D eigenvalue weighted by atomic mass is 10.1. The van der Waals surface area contributed by atoms with Crippen LogP contribution in [-0.4, -0.2) is 42.5 Å². The first-order valence-corrected chi connectivity index (χ1v) is 7.03. The number of nitrogens with one attached hydrogen (secondary N) is 2. The summed E-state index contributed by atoms with van der Waals surface area (Å²) in [5.74, 6) is -0.341. The van der Waals surface area contributed by atoms with Crippen LogP contribution >= 0.6 is 12.4 Å². The number of benzene rings is 1. The summed E-state index contributed by atoms with van der Waals surface area (Å²) in [6.07, 6.45) is 0. The number of halogens is 2. The summed E-state index contributed by atoms with van der Waals surface area (Å²) >= 11 is 0. The monoisotopic (exact) mass is 315 g/mol. The summed E-state index contributed by atoms with van der Waals surface area (Å²) in [5.41, 5.74) is 0.517. The molecule has 0 aromatic heterocycles. The Hall–Kier alpha value is -1.17. The van der Waals surface area contributed by atoms with Gasteiger partial charge in [0.25, 0.3) is 0 Å². The predicted octanol–water partition coefficient (Wildman–Crippen LogP) is 1.55. The molecule has 0 radical (unpaired) electrons. The minimum Gasteiger partial charge on any atom is -0.351 e. The highest BCUT2D eigenvalue weighted by Crippen LogP contribution is 2.06.